The van der Waals surface area contributed by atoms with Gasteiger partial charge in [-0.1, -0.05) is 30.3 Å². The van der Waals surface area contributed by atoms with Gasteiger partial charge in [0.05, 0.1) is 42.3 Å². The summed E-state index contributed by atoms with van der Waals surface area (Å²) in [5, 5.41) is 5.24. The number of amides is 1. The van der Waals surface area contributed by atoms with Crippen LogP contribution in [0.15, 0.2) is 65.4 Å². The minimum atomic E-state index is -0.0181. The van der Waals surface area contributed by atoms with Crippen molar-refractivity contribution < 1.29 is 13.9 Å². The van der Waals surface area contributed by atoms with E-state index in [0.29, 0.717) is 44.1 Å². The Balaban J connectivity index is 1.64. The van der Waals surface area contributed by atoms with Gasteiger partial charge in [-0.25, -0.2) is 9.67 Å². The lowest BCUT2D eigenvalue weighted by molar-refractivity contribution is 0.0304. The third-order valence-electron chi connectivity index (χ3n) is 5.09. The lowest BCUT2D eigenvalue weighted by atomic mass is 10.1. The summed E-state index contributed by atoms with van der Waals surface area (Å²) in [6.07, 6.45) is 3.35. The van der Waals surface area contributed by atoms with Crippen molar-refractivity contribution in [1.82, 2.24) is 19.7 Å². The first-order valence-corrected chi connectivity index (χ1v) is 9.61. The van der Waals surface area contributed by atoms with Crippen molar-refractivity contribution >= 4 is 16.9 Å². The van der Waals surface area contributed by atoms with Crippen LogP contribution < -0.4 is 0 Å². The topological polar surface area (TPSA) is 73.4 Å². The summed E-state index contributed by atoms with van der Waals surface area (Å²) in [4.78, 5) is 20.0. The lowest BCUT2D eigenvalue weighted by Crippen LogP contribution is -2.40. The maximum atomic E-state index is 13.3. The van der Waals surface area contributed by atoms with Crippen LogP contribution in [0.3, 0.4) is 0 Å². The largest absolute Gasteiger partial charge is 0.467 e. The monoisotopic (exact) mass is 388 g/mol. The number of pyridine rings is 1. The zero-order valence-electron chi connectivity index (χ0n) is 15.8. The lowest BCUT2D eigenvalue weighted by Gasteiger charge is -2.27. The van der Waals surface area contributed by atoms with E-state index in [2.05, 4.69) is 5.10 Å². The Labute approximate surface area is 167 Å². The van der Waals surface area contributed by atoms with Crippen LogP contribution in [-0.4, -0.2) is 51.9 Å². The maximum absolute atomic E-state index is 13.3. The van der Waals surface area contributed by atoms with Crippen LogP contribution in [0.1, 0.15) is 16.1 Å². The first kappa shape index (κ1) is 17.6. The highest BCUT2D eigenvalue weighted by molar-refractivity contribution is 6.06. The molecule has 0 radical (unpaired) electrons. The molecule has 0 spiro atoms. The van der Waals surface area contributed by atoms with E-state index in [9.17, 15) is 4.79 Å². The molecule has 29 heavy (non-hydrogen) atoms. The van der Waals surface area contributed by atoms with Crippen LogP contribution >= 0.6 is 0 Å². The van der Waals surface area contributed by atoms with Gasteiger partial charge in [0.25, 0.3) is 5.91 Å². The summed E-state index contributed by atoms with van der Waals surface area (Å²) >= 11 is 0. The minimum absolute atomic E-state index is 0.0181. The van der Waals surface area contributed by atoms with E-state index < -0.39 is 0 Å². The molecule has 4 aromatic rings. The molecule has 0 unspecified atom stereocenters. The van der Waals surface area contributed by atoms with Gasteiger partial charge in [0.2, 0.25) is 0 Å². The van der Waals surface area contributed by atoms with Crippen molar-refractivity contribution in [2.75, 3.05) is 26.3 Å². The van der Waals surface area contributed by atoms with Gasteiger partial charge in [-0.2, -0.15) is 5.10 Å². The smallest absolute Gasteiger partial charge is 0.254 e. The van der Waals surface area contributed by atoms with Gasteiger partial charge in [-0.05, 0) is 18.2 Å². The third kappa shape index (κ3) is 3.40. The van der Waals surface area contributed by atoms with E-state index in [0.717, 1.165) is 22.4 Å². The molecule has 1 saturated heterocycles. The van der Waals surface area contributed by atoms with E-state index in [1.54, 1.807) is 17.1 Å². The number of benzene rings is 1. The summed E-state index contributed by atoms with van der Waals surface area (Å²) in [6.45, 7) is 2.74. The van der Waals surface area contributed by atoms with Crippen LogP contribution in [0.2, 0.25) is 0 Å². The number of carbonyl (C=O) groups excluding carboxylic acids is 1. The molecule has 0 bridgehead atoms. The Kier molecular flexibility index (Phi) is 4.57. The number of furan rings is 1. The van der Waals surface area contributed by atoms with E-state index in [1.807, 2.05) is 53.4 Å². The molecular weight excluding hydrogens is 368 g/mol. The van der Waals surface area contributed by atoms with Crippen molar-refractivity contribution in [2.24, 2.45) is 0 Å². The summed E-state index contributed by atoms with van der Waals surface area (Å²) in [5.41, 5.74) is 2.98. The van der Waals surface area contributed by atoms with Gasteiger partial charge in [-0.3, -0.25) is 4.79 Å². The van der Waals surface area contributed by atoms with Gasteiger partial charge in [0, 0.05) is 18.7 Å². The number of hydrogen-bond donors (Lipinski definition) is 0. The minimum Gasteiger partial charge on any atom is -0.467 e. The number of hydrogen-bond acceptors (Lipinski definition) is 5. The molecule has 0 aliphatic carbocycles. The molecule has 5 rings (SSSR count). The Morgan fingerprint density at radius 2 is 1.90 bits per heavy atom. The number of nitrogens with zero attached hydrogens (tertiary/aromatic N) is 4. The number of morpholine rings is 1. The molecule has 1 aromatic carbocycles. The van der Waals surface area contributed by atoms with Crippen LogP contribution in [0, 0.1) is 0 Å². The van der Waals surface area contributed by atoms with Crippen molar-refractivity contribution in [3.05, 3.63) is 72.3 Å². The first-order chi connectivity index (χ1) is 14.3. The number of rotatable bonds is 4. The number of carbonyl (C=O) groups is 1. The zero-order valence-corrected chi connectivity index (χ0v) is 15.8. The molecule has 0 N–H and O–H groups in total. The van der Waals surface area contributed by atoms with Crippen molar-refractivity contribution in [3.63, 3.8) is 0 Å². The Bertz CT molecular complexity index is 1130. The summed E-state index contributed by atoms with van der Waals surface area (Å²) < 4.78 is 12.6. The van der Waals surface area contributed by atoms with E-state index in [4.69, 9.17) is 14.1 Å². The predicted octanol–water partition coefficient (Wildman–Crippen LogP) is 3.21. The molecule has 0 atom stereocenters. The average molecular weight is 388 g/mol. The normalized spacial score (nSPS) is 14.4. The molecule has 1 amide bonds. The fourth-order valence-corrected chi connectivity index (χ4v) is 3.58. The highest BCUT2D eigenvalue weighted by atomic mass is 16.5. The van der Waals surface area contributed by atoms with Gasteiger partial charge < -0.3 is 14.1 Å². The van der Waals surface area contributed by atoms with Crippen molar-refractivity contribution in [1.29, 1.82) is 0 Å². The second-order valence-corrected chi connectivity index (χ2v) is 6.94. The Morgan fingerprint density at radius 3 is 2.66 bits per heavy atom. The van der Waals surface area contributed by atoms with E-state index in [-0.39, 0.29) is 5.91 Å². The van der Waals surface area contributed by atoms with Crippen molar-refractivity contribution in [2.45, 2.75) is 6.54 Å². The average Bonchev–Trinajstić information content (AvgIpc) is 3.44. The third-order valence-corrected chi connectivity index (χ3v) is 5.09. The zero-order chi connectivity index (χ0) is 19.6. The number of aromatic nitrogens is 3. The fraction of sp³-hybridized carbons (Fsp3) is 0.227. The summed E-state index contributed by atoms with van der Waals surface area (Å²) in [5.74, 6) is 0.762. The Morgan fingerprint density at radius 1 is 1.07 bits per heavy atom. The summed E-state index contributed by atoms with van der Waals surface area (Å²) in [6, 6.07) is 15.5. The van der Waals surface area contributed by atoms with Crippen LogP contribution in [0.4, 0.5) is 0 Å². The maximum Gasteiger partial charge on any atom is 0.254 e. The molecule has 7 heteroatoms. The number of fused-ring (bicyclic) bond motifs is 1. The van der Waals surface area contributed by atoms with Crippen LogP contribution in [0.5, 0.6) is 0 Å². The first-order valence-electron chi connectivity index (χ1n) is 9.61. The van der Waals surface area contributed by atoms with E-state index >= 15 is 0 Å². The van der Waals surface area contributed by atoms with Gasteiger partial charge in [0.15, 0.2) is 5.65 Å². The standard InChI is InChI=1S/C22H20N4O3/c27-22(25-8-11-28-12-9-25)18-13-20(16-5-2-1-3-6-16)24-21-19(18)14-23-26(21)15-17-7-4-10-29-17/h1-7,10,13-14H,8-9,11-12,15H2. The summed E-state index contributed by atoms with van der Waals surface area (Å²) in [7, 11) is 0. The van der Waals surface area contributed by atoms with Crippen LogP contribution in [0.25, 0.3) is 22.3 Å². The molecule has 146 valence electrons. The molecule has 7 nitrogen and oxygen atoms in total. The van der Waals surface area contributed by atoms with Gasteiger partial charge in [0.1, 0.15) is 12.3 Å². The Hall–Kier alpha value is -3.45. The molecule has 1 aliphatic rings. The predicted molar refractivity (Wildman–Crippen MR) is 107 cm³/mol. The second-order valence-electron chi connectivity index (χ2n) is 6.94. The molecule has 3 aromatic heterocycles. The molecule has 1 aliphatic heterocycles. The quantitative estimate of drug-likeness (QED) is 0.537. The second kappa shape index (κ2) is 7.52. The molecule has 0 saturated carbocycles. The molecule has 4 heterocycles. The number of ether oxygens (including phenoxy) is 1. The SMILES string of the molecule is O=C(c1cc(-c2ccccc2)nc2c1cnn2Cc1ccco1)N1CCOCC1. The van der Waals surface area contributed by atoms with Crippen molar-refractivity contribution in [3.8, 4) is 11.3 Å². The molecule has 1 fully saturated rings. The van der Waals surface area contributed by atoms with Gasteiger partial charge >= 0.3 is 0 Å². The van der Waals surface area contributed by atoms with Gasteiger partial charge in [-0.15, -0.1) is 0 Å². The fourth-order valence-electron chi connectivity index (χ4n) is 3.58. The van der Waals surface area contributed by atoms with Crippen LogP contribution in [-0.2, 0) is 11.3 Å². The highest BCUT2D eigenvalue weighted by Gasteiger charge is 2.23. The van der Waals surface area contributed by atoms with E-state index in [1.165, 1.54) is 0 Å². The molecular formula is C22H20N4O3. The highest BCUT2D eigenvalue weighted by Crippen LogP contribution is 2.26.